The lowest BCUT2D eigenvalue weighted by Crippen LogP contribution is -2.58. The molecule has 5 rings (SSSR count). The van der Waals surface area contributed by atoms with E-state index in [1.807, 2.05) is 13.8 Å². The molecule has 232 valence electrons. The van der Waals surface area contributed by atoms with Crippen molar-refractivity contribution >= 4 is 29.4 Å². The zero-order chi connectivity index (χ0) is 30.9. The van der Waals surface area contributed by atoms with Crippen LogP contribution in [0.2, 0.25) is 0 Å². The van der Waals surface area contributed by atoms with Crippen LogP contribution in [0.1, 0.15) is 40.0 Å². The van der Waals surface area contributed by atoms with E-state index in [0.717, 1.165) is 0 Å². The lowest BCUT2D eigenvalue weighted by atomic mass is 9.78. The molecule has 1 aromatic carbocycles. The number of carbonyl (C=O) groups excluding carboxylic acids is 4. The van der Waals surface area contributed by atoms with Gasteiger partial charge in [0.1, 0.15) is 29.4 Å². The van der Waals surface area contributed by atoms with E-state index in [-0.39, 0.29) is 43.8 Å². The summed E-state index contributed by atoms with van der Waals surface area (Å²) in [5.41, 5.74) is -0.863. The molecule has 3 amide bonds. The normalized spacial score (nSPS) is 32.6. The van der Waals surface area contributed by atoms with Gasteiger partial charge in [-0.15, -0.1) is 0 Å². The first kappa shape index (κ1) is 30.7. The number of nitrogens with one attached hydrogen (secondary N) is 1. The monoisotopic (exact) mass is 595 g/mol. The summed E-state index contributed by atoms with van der Waals surface area (Å²) in [4.78, 5) is 58.2. The van der Waals surface area contributed by atoms with Crippen molar-refractivity contribution in [2.75, 3.05) is 31.7 Å². The first-order chi connectivity index (χ1) is 20.6. The fraction of sp³-hybridized carbons (Fsp3) is 0.562. The number of aliphatic hydroxyl groups excluding tert-OH is 1. The molecule has 0 radical (unpaired) electrons. The highest BCUT2D eigenvalue weighted by atomic mass is 16.6. The van der Waals surface area contributed by atoms with Crippen molar-refractivity contribution in [2.24, 2.45) is 17.8 Å². The number of aliphatic hydroxyl groups is 1. The number of amides is 3. The van der Waals surface area contributed by atoms with Gasteiger partial charge in [0.15, 0.2) is 0 Å². The minimum absolute atomic E-state index is 0.120. The van der Waals surface area contributed by atoms with Crippen molar-refractivity contribution < 1.29 is 38.5 Å². The zero-order valence-corrected chi connectivity index (χ0v) is 25.1. The molecule has 1 spiro atoms. The second-order valence-electron chi connectivity index (χ2n) is 12.1. The number of likely N-dealkylation sites (tertiary alicyclic amines) is 1. The van der Waals surface area contributed by atoms with Gasteiger partial charge in [-0.25, -0.2) is 0 Å². The number of anilines is 1. The van der Waals surface area contributed by atoms with E-state index in [2.05, 4.69) is 5.32 Å². The van der Waals surface area contributed by atoms with Gasteiger partial charge in [-0.05, 0) is 49.9 Å². The van der Waals surface area contributed by atoms with Crippen LogP contribution >= 0.6 is 0 Å². The minimum atomic E-state index is -1.48. The fourth-order valence-electron chi connectivity index (χ4n) is 6.81. The molecule has 2 fully saturated rings. The van der Waals surface area contributed by atoms with E-state index in [1.54, 1.807) is 67.5 Å². The summed E-state index contributed by atoms with van der Waals surface area (Å²) in [7, 11) is 1.56. The molecule has 0 saturated carbocycles. The Kier molecular flexibility index (Phi) is 8.94. The van der Waals surface area contributed by atoms with Crippen LogP contribution in [0.4, 0.5) is 5.69 Å². The fourth-order valence-corrected chi connectivity index (χ4v) is 6.81. The number of esters is 1. The molecular weight excluding hydrogens is 554 g/mol. The second-order valence-corrected chi connectivity index (χ2v) is 12.1. The molecule has 4 aliphatic heterocycles. The van der Waals surface area contributed by atoms with Crippen molar-refractivity contribution in [1.29, 1.82) is 0 Å². The van der Waals surface area contributed by atoms with Crippen molar-refractivity contribution in [3.63, 3.8) is 0 Å². The Morgan fingerprint density at radius 3 is 2.53 bits per heavy atom. The molecule has 43 heavy (non-hydrogen) atoms. The highest BCUT2D eigenvalue weighted by Gasteiger charge is 2.72. The molecule has 2 N–H and O–H groups in total. The second kappa shape index (κ2) is 12.5. The van der Waals surface area contributed by atoms with E-state index in [0.29, 0.717) is 24.3 Å². The van der Waals surface area contributed by atoms with E-state index in [4.69, 9.17) is 14.2 Å². The lowest BCUT2D eigenvalue weighted by Gasteiger charge is -2.39. The van der Waals surface area contributed by atoms with Gasteiger partial charge >= 0.3 is 5.97 Å². The average molecular weight is 596 g/mol. The Balaban J connectivity index is 1.61. The first-order valence-corrected chi connectivity index (χ1v) is 15.0. The van der Waals surface area contributed by atoms with Crippen molar-refractivity contribution in [1.82, 2.24) is 10.2 Å². The molecule has 11 heteroatoms. The summed E-state index contributed by atoms with van der Waals surface area (Å²) in [6.45, 7) is 5.66. The number of allylic oxidation sites excluding steroid dienone is 1. The maximum absolute atomic E-state index is 14.6. The third kappa shape index (κ3) is 5.68. The summed E-state index contributed by atoms with van der Waals surface area (Å²) in [5.74, 6) is -2.91. The van der Waals surface area contributed by atoms with Gasteiger partial charge in [-0.3, -0.25) is 19.2 Å². The van der Waals surface area contributed by atoms with E-state index < -0.39 is 53.6 Å². The number of ether oxygens (including phenoxy) is 3. The van der Waals surface area contributed by atoms with Gasteiger partial charge in [-0.1, -0.05) is 38.2 Å². The van der Waals surface area contributed by atoms with Gasteiger partial charge in [0.2, 0.25) is 11.8 Å². The Hall–Kier alpha value is -3.70. The summed E-state index contributed by atoms with van der Waals surface area (Å²) in [6, 6.07) is 5.27. The van der Waals surface area contributed by atoms with Crippen LogP contribution in [-0.2, 0) is 28.7 Å². The number of carbonyl (C=O) groups is 4. The molecule has 4 aliphatic rings. The number of nitrogens with zero attached hydrogens (tertiary/aromatic N) is 2. The average Bonchev–Trinajstić information content (AvgIpc) is 3.37. The highest BCUT2D eigenvalue weighted by Crippen LogP contribution is 2.54. The molecular formula is C32H41N3O8. The van der Waals surface area contributed by atoms with Gasteiger partial charge < -0.3 is 34.4 Å². The van der Waals surface area contributed by atoms with Crippen LogP contribution in [0, 0.1) is 17.8 Å². The van der Waals surface area contributed by atoms with Crippen LogP contribution in [0.15, 0.2) is 48.6 Å². The number of fused-ring (bicyclic) bond motifs is 2. The molecule has 1 aromatic rings. The standard InChI is InChI=1S/C32H41N3O8/c1-19(2)16-22(18-36)35-28-30(39)34(21-10-12-23(41-4)13-11-21)15-7-14-32(28)27(29(35)38)26-24(43-32)8-5-6-9-25(37)33-17-20(3)42-31(26)40/h5,7-8,10-14,19-20,22,24,26-28,36H,6,9,15-18H2,1-4H3,(H,33,37)/b8-5-/t20-,22+,24-,26+,27+,28-,32+/m0/s1. The van der Waals surface area contributed by atoms with E-state index in [9.17, 15) is 24.3 Å². The summed E-state index contributed by atoms with van der Waals surface area (Å²) < 4.78 is 17.7. The predicted octanol–water partition coefficient (Wildman–Crippen LogP) is 1.98. The summed E-state index contributed by atoms with van der Waals surface area (Å²) in [5, 5.41) is 13.3. The Bertz CT molecular complexity index is 1290. The Labute approximate surface area is 251 Å². The lowest BCUT2D eigenvalue weighted by molar-refractivity contribution is -0.159. The van der Waals surface area contributed by atoms with Crippen LogP contribution in [-0.4, -0.2) is 90.4 Å². The SMILES string of the molecule is COc1ccc(N2CC=C[C@@]34O[C@H]5/C=C\CCC(=O)NC[C@H](C)OC(=O)[C@H]5[C@@H]3C(=O)N([C@@H](CO)CC(C)C)[C@H]4C2=O)cc1. The van der Waals surface area contributed by atoms with Gasteiger partial charge in [0.05, 0.1) is 38.3 Å². The number of rotatable bonds is 6. The van der Waals surface area contributed by atoms with E-state index >= 15 is 0 Å². The van der Waals surface area contributed by atoms with Gasteiger partial charge in [0, 0.05) is 18.7 Å². The molecule has 0 bridgehead atoms. The largest absolute Gasteiger partial charge is 0.497 e. The number of hydrogen-bond acceptors (Lipinski definition) is 8. The summed E-state index contributed by atoms with van der Waals surface area (Å²) >= 11 is 0. The molecule has 4 heterocycles. The molecule has 2 saturated heterocycles. The topological polar surface area (TPSA) is 135 Å². The molecule has 0 unspecified atom stereocenters. The molecule has 11 nitrogen and oxygen atoms in total. The molecule has 0 aliphatic carbocycles. The molecule has 0 aromatic heterocycles. The smallest absolute Gasteiger partial charge is 0.313 e. The third-order valence-corrected chi connectivity index (χ3v) is 8.70. The van der Waals surface area contributed by atoms with Crippen molar-refractivity contribution in [2.45, 2.75) is 69.9 Å². The number of methoxy groups -OCH3 is 1. The van der Waals surface area contributed by atoms with Gasteiger partial charge in [-0.2, -0.15) is 0 Å². The first-order valence-electron chi connectivity index (χ1n) is 15.0. The highest BCUT2D eigenvalue weighted by molar-refractivity contribution is 6.05. The van der Waals surface area contributed by atoms with Crippen molar-refractivity contribution in [3.8, 4) is 5.75 Å². The third-order valence-electron chi connectivity index (χ3n) is 8.70. The van der Waals surface area contributed by atoms with Crippen LogP contribution in [0.25, 0.3) is 0 Å². The van der Waals surface area contributed by atoms with Crippen LogP contribution in [0.5, 0.6) is 5.75 Å². The maximum Gasteiger partial charge on any atom is 0.313 e. The Morgan fingerprint density at radius 1 is 1.12 bits per heavy atom. The number of hydrogen-bond donors (Lipinski definition) is 2. The van der Waals surface area contributed by atoms with Crippen molar-refractivity contribution in [3.05, 3.63) is 48.6 Å². The maximum atomic E-state index is 14.6. The van der Waals surface area contributed by atoms with Gasteiger partial charge in [0.25, 0.3) is 5.91 Å². The summed E-state index contributed by atoms with van der Waals surface area (Å²) in [6.07, 6.45) is 6.66. The minimum Gasteiger partial charge on any atom is -0.497 e. The zero-order valence-electron chi connectivity index (χ0n) is 25.1. The quantitative estimate of drug-likeness (QED) is 0.377. The van der Waals surface area contributed by atoms with E-state index in [1.165, 1.54) is 4.90 Å². The van der Waals surface area contributed by atoms with Crippen LogP contribution in [0.3, 0.4) is 0 Å². The predicted molar refractivity (Wildman–Crippen MR) is 157 cm³/mol. The molecule has 7 atom stereocenters. The van der Waals surface area contributed by atoms with Crippen LogP contribution < -0.4 is 15.0 Å². The Morgan fingerprint density at radius 2 is 1.86 bits per heavy atom. The number of cyclic esters (lactones) is 1. The number of benzene rings is 1.